The van der Waals surface area contributed by atoms with Crippen molar-refractivity contribution in [3.8, 4) is 11.4 Å². The van der Waals surface area contributed by atoms with Crippen molar-refractivity contribution in [3.05, 3.63) is 29.8 Å². The summed E-state index contributed by atoms with van der Waals surface area (Å²) >= 11 is 1.52. The number of amides is 1. The summed E-state index contributed by atoms with van der Waals surface area (Å²) < 4.78 is 2.22. The van der Waals surface area contributed by atoms with Crippen LogP contribution in [0.5, 0.6) is 0 Å². The highest BCUT2D eigenvalue weighted by Crippen LogP contribution is 2.39. The lowest BCUT2D eigenvalue weighted by molar-refractivity contribution is -0.134. The van der Waals surface area contributed by atoms with Crippen molar-refractivity contribution in [1.29, 1.82) is 0 Å². The molecule has 3 heterocycles. The minimum absolute atomic E-state index is 0.107. The SMILES string of the molecule is C[C@@H]1CCC[C@@H](C)N1C(=O)CSc1nnc2n1C(C)(C)Cc1ccccc1-2. The number of rotatable bonds is 3. The molecule has 2 aliphatic rings. The molecule has 2 atom stereocenters. The lowest BCUT2D eigenvalue weighted by atomic mass is 9.87. The van der Waals surface area contributed by atoms with Crippen molar-refractivity contribution in [1.82, 2.24) is 19.7 Å². The van der Waals surface area contributed by atoms with Crippen LogP contribution >= 0.6 is 11.8 Å². The van der Waals surface area contributed by atoms with E-state index in [-0.39, 0.29) is 11.4 Å². The van der Waals surface area contributed by atoms with Gasteiger partial charge in [-0.2, -0.15) is 0 Å². The summed E-state index contributed by atoms with van der Waals surface area (Å²) in [5.41, 5.74) is 2.36. The van der Waals surface area contributed by atoms with E-state index in [1.807, 2.05) is 6.07 Å². The van der Waals surface area contributed by atoms with Gasteiger partial charge in [0, 0.05) is 23.2 Å². The first kappa shape index (κ1) is 18.5. The van der Waals surface area contributed by atoms with Gasteiger partial charge in [-0.25, -0.2) is 0 Å². The second kappa shape index (κ2) is 6.97. The van der Waals surface area contributed by atoms with E-state index in [0.29, 0.717) is 17.8 Å². The second-order valence-electron chi connectivity index (χ2n) is 8.51. The summed E-state index contributed by atoms with van der Waals surface area (Å²) in [5.74, 6) is 1.55. The normalized spacial score (nSPS) is 23.6. The minimum Gasteiger partial charge on any atom is -0.337 e. The zero-order chi connectivity index (χ0) is 19.2. The molecule has 0 radical (unpaired) electrons. The van der Waals surface area contributed by atoms with Crippen LogP contribution in [-0.4, -0.2) is 43.4 Å². The van der Waals surface area contributed by atoms with Gasteiger partial charge in [-0.3, -0.25) is 9.36 Å². The van der Waals surface area contributed by atoms with Gasteiger partial charge in [0.1, 0.15) is 0 Å². The third-order valence-corrected chi connectivity index (χ3v) is 6.84. The van der Waals surface area contributed by atoms with Crippen LogP contribution in [0.3, 0.4) is 0 Å². The van der Waals surface area contributed by atoms with E-state index < -0.39 is 0 Å². The quantitative estimate of drug-likeness (QED) is 0.747. The number of piperidine rings is 1. The van der Waals surface area contributed by atoms with Crippen LogP contribution < -0.4 is 0 Å². The van der Waals surface area contributed by atoms with Gasteiger partial charge in [0.2, 0.25) is 5.91 Å². The van der Waals surface area contributed by atoms with Crippen LogP contribution in [0.15, 0.2) is 29.4 Å². The van der Waals surface area contributed by atoms with Gasteiger partial charge in [0.25, 0.3) is 0 Å². The Morgan fingerprint density at radius 2 is 1.89 bits per heavy atom. The first-order valence-corrected chi connectivity index (χ1v) is 10.8. The molecule has 2 aromatic rings. The predicted molar refractivity (Wildman–Crippen MR) is 109 cm³/mol. The van der Waals surface area contributed by atoms with Crippen molar-refractivity contribution in [2.75, 3.05) is 5.75 Å². The number of nitrogens with zero attached hydrogens (tertiary/aromatic N) is 4. The largest absolute Gasteiger partial charge is 0.337 e. The maximum Gasteiger partial charge on any atom is 0.233 e. The molecule has 4 rings (SSSR count). The summed E-state index contributed by atoms with van der Waals surface area (Å²) in [6.45, 7) is 8.77. The smallest absolute Gasteiger partial charge is 0.233 e. The summed E-state index contributed by atoms with van der Waals surface area (Å²) in [7, 11) is 0. The Morgan fingerprint density at radius 3 is 2.63 bits per heavy atom. The van der Waals surface area contributed by atoms with Crippen LogP contribution in [0, 0.1) is 0 Å². The molecule has 1 saturated heterocycles. The number of thioether (sulfide) groups is 1. The topological polar surface area (TPSA) is 51.0 Å². The summed E-state index contributed by atoms with van der Waals surface area (Å²) in [6.07, 6.45) is 4.36. The average Bonchev–Trinajstić information content (AvgIpc) is 3.05. The second-order valence-corrected chi connectivity index (χ2v) is 9.45. The molecule has 0 saturated carbocycles. The van der Waals surface area contributed by atoms with Crippen molar-refractivity contribution < 1.29 is 4.79 Å². The first-order valence-electron chi connectivity index (χ1n) is 9.86. The van der Waals surface area contributed by atoms with Crippen LogP contribution in [0.4, 0.5) is 0 Å². The molecule has 144 valence electrons. The van der Waals surface area contributed by atoms with Crippen LogP contribution in [0.25, 0.3) is 11.4 Å². The van der Waals surface area contributed by atoms with E-state index in [9.17, 15) is 4.79 Å². The maximum atomic E-state index is 12.9. The first-order chi connectivity index (χ1) is 12.9. The third-order valence-electron chi connectivity index (χ3n) is 5.93. The Bertz CT molecular complexity index is 850. The Hall–Kier alpha value is -1.82. The molecule has 1 amide bonds. The molecule has 2 aliphatic heterocycles. The highest BCUT2D eigenvalue weighted by atomic mass is 32.2. The van der Waals surface area contributed by atoms with Crippen molar-refractivity contribution >= 4 is 17.7 Å². The fraction of sp³-hybridized carbons (Fsp3) is 0.571. The molecular weight excluding hydrogens is 356 g/mol. The molecule has 0 bridgehead atoms. The van der Waals surface area contributed by atoms with Crippen molar-refractivity contribution in [2.24, 2.45) is 0 Å². The number of benzene rings is 1. The van der Waals surface area contributed by atoms with E-state index in [2.05, 4.69) is 65.6 Å². The minimum atomic E-state index is -0.107. The number of fused-ring (bicyclic) bond motifs is 3. The van der Waals surface area contributed by atoms with Gasteiger partial charge >= 0.3 is 0 Å². The molecule has 0 unspecified atom stereocenters. The summed E-state index contributed by atoms with van der Waals surface area (Å²) in [6, 6.07) is 9.07. The number of likely N-dealkylation sites (tertiary alicyclic amines) is 1. The molecular formula is C21H28N4OS. The Labute approximate surface area is 165 Å². The van der Waals surface area contributed by atoms with E-state index in [0.717, 1.165) is 35.8 Å². The third kappa shape index (κ3) is 3.28. The van der Waals surface area contributed by atoms with Crippen molar-refractivity contribution in [2.45, 2.75) is 76.2 Å². The number of carbonyl (C=O) groups is 1. The Morgan fingerprint density at radius 1 is 1.19 bits per heavy atom. The highest BCUT2D eigenvalue weighted by molar-refractivity contribution is 7.99. The van der Waals surface area contributed by atoms with Crippen LogP contribution in [-0.2, 0) is 16.8 Å². The zero-order valence-corrected chi connectivity index (χ0v) is 17.4. The Kier molecular flexibility index (Phi) is 4.78. The predicted octanol–water partition coefficient (Wildman–Crippen LogP) is 4.12. The van der Waals surface area contributed by atoms with Gasteiger partial charge in [-0.1, -0.05) is 36.0 Å². The molecule has 1 aromatic carbocycles. The van der Waals surface area contributed by atoms with E-state index >= 15 is 0 Å². The van der Waals surface area contributed by atoms with Gasteiger partial charge in [-0.15, -0.1) is 10.2 Å². The van der Waals surface area contributed by atoms with Crippen molar-refractivity contribution in [3.63, 3.8) is 0 Å². The zero-order valence-electron chi connectivity index (χ0n) is 16.6. The molecule has 6 heteroatoms. The number of carbonyl (C=O) groups excluding carboxylic acids is 1. The molecule has 0 N–H and O–H groups in total. The lowest BCUT2D eigenvalue weighted by Gasteiger charge is -2.39. The standard InChI is InChI=1S/C21H28N4OS/c1-14-8-7-9-15(2)24(14)18(26)13-27-20-23-22-19-17-11-6-5-10-16(17)12-21(3,4)25(19)20/h5-6,10-11,14-15H,7-9,12-13H2,1-4H3/t14-,15-/m1/s1. The van der Waals surface area contributed by atoms with E-state index in [1.165, 1.54) is 23.7 Å². The summed E-state index contributed by atoms with van der Waals surface area (Å²) in [5, 5.41) is 9.78. The van der Waals surface area contributed by atoms with Crippen LogP contribution in [0.2, 0.25) is 0 Å². The van der Waals surface area contributed by atoms with Gasteiger partial charge in [-0.05, 0) is 58.9 Å². The molecule has 0 aliphatic carbocycles. The van der Waals surface area contributed by atoms with Gasteiger partial charge in [0.05, 0.1) is 5.75 Å². The van der Waals surface area contributed by atoms with Gasteiger partial charge in [0.15, 0.2) is 11.0 Å². The number of hydrogen-bond donors (Lipinski definition) is 0. The van der Waals surface area contributed by atoms with E-state index in [4.69, 9.17) is 0 Å². The Balaban J connectivity index is 1.57. The molecule has 0 spiro atoms. The van der Waals surface area contributed by atoms with Crippen LogP contribution in [0.1, 0.15) is 52.5 Å². The van der Waals surface area contributed by atoms with Gasteiger partial charge < -0.3 is 4.90 Å². The fourth-order valence-corrected chi connectivity index (χ4v) is 5.60. The molecule has 1 aromatic heterocycles. The monoisotopic (exact) mass is 384 g/mol. The fourth-order valence-electron chi connectivity index (χ4n) is 4.63. The molecule has 27 heavy (non-hydrogen) atoms. The number of hydrogen-bond acceptors (Lipinski definition) is 4. The summed E-state index contributed by atoms with van der Waals surface area (Å²) in [4.78, 5) is 15.0. The maximum absolute atomic E-state index is 12.9. The lowest BCUT2D eigenvalue weighted by Crippen LogP contribution is -2.48. The van der Waals surface area contributed by atoms with E-state index in [1.54, 1.807) is 0 Å². The highest BCUT2D eigenvalue weighted by Gasteiger charge is 2.35. The molecule has 5 nitrogen and oxygen atoms in total. The molecule has 1 fully saturated rings. The average molecular weight is 385 g/mol. The number of aromatic nitrogens is 3.